The normalized spacial score (nSPS) is 15.4. The van der Waals surface area contributed by atoms with Crippen molar-refractivity contribution in [3.8, 4) is 0 Å². The van der Waals surface area contributed by atoms with Crippen molar-refractivity contribution in [3.63, 3.8) is 0 Å². The number of nitrogens with zero attached hydrogens (tertiary/aromatic N) is 5. The summed E-state index contributed by atoms with van der Waals surface area (Å²) < 4.78 is 129. The van der Waals surface area contributed by atoms with Crippen LogP contribution in [0.15, 0.2) is 72.8 Å². The third kappa shape index (κ3) is 50.4. The predicted octanol–water partition coefficient (Wildman–Crippen LogP) is 10.5. The lowest BCUT2D eigenvalue weighted by molar-refractivity contribution is -0.149. The van der Waals surface area contributed by atoms with Crippen molar-refractivity contribution in [3.05, 3.63) is 101 Å². The van der Waals surface area contributed by atoms with Gasteiger partial charge in [-0.25, -0.2) is 23.2 Å². The summed E-state index contributed by atoms with van der Waals surface area (Å²) >= 11 is 6.96. The highest BCUT2D eigenvalue weighted by Crippen LogP contribution is 2.34. The molecule has 5 N–H and O–H groups in total. The maximum absolute atomic E-state index is 15.1. The second-order valence-electron chi connectivity index (χ2n) is 37.3. The molecule has 832 valence electrons. The van der Waals surface area contributed by atoms with E-state index in [0.717, 1.165) is 22.5 Å². The summed E-state index contributed by atoms with van der Waals surface area (Å²) in [5.74, 6) is -6.67. The summed E-state index contributed by atoms with van der Waals surface area (Å²) in [4.78, 5) is 141. The van der Waals surface area contributed by atoms with Gasteiger partial charge in [-0.2, -0.15) is 0 Å². The second kappa shape index (κ2) is 75.4. The van der Waals surface area contributed by atoms with Crippen molar-refractivity contribution in [2.24, 2.45) is 35.5 Å². The first-order valence-electron chi connectivity index (χ1n) is 51.8. The number of fused-ring (bicyclic) bond motifs is 1. The number of hydrogen-bond donors (Lipinski definition) is 5. The average molecular weight is 2230 g/mol. The number of carbonyl (C=O) groups is 9. The molecule has 39 nitrogen and oxygen atoms in total. The standard InChI is InChI=1S/C105H167Br2N9O30S/c1-13-77(6)99(95(130-11)71-97(121)116-37-19-24-92(116)100(131-12)78(7)101(122)112-89(67-79-21-15-14-16-22-79)103(124)113-147(127,128)85-31-32-85)114(8)104(125)86(75(2)3)70-94(119)98(76(4)5)115(9)105(126)146-74-80-26-29-83(30-27-80)109-102(123)82(68-84(117)34-39-133-44-43-132-38-20-25-93(118)81-28-33-87-88(69-81)111-91(73-107)90(72-106)110-87)23-17-18-36-108-96(120)35-40-134-45-46-136-49-50-138-53-54-140-57-58-142-61-62-144-65-66-145-64-63-143-60-59-141-56-55-139-52-51-137-48-47-135-42-41-129-10/h14-16,21-22,26-30,33,69,75-78,82,85-86,89,92-93,95,98-100,118H,13,17-20,23-25,31-32,34-68,70-74H2,1-12H3,(H,108,120)(H,109,123)(H,112,122)(H,113,124)/t77-,78+,82+,86-,89-,92-,93?,95+,98-,99-,100+/m0/s1. The molecule has 1 aromatic heterocycles. The Kier molecular flexibility index (Phi) is 65.8. The van der Waals surface area contributed by atoms with Crippen LogP contribution in [0.1, 0.15) is 179 Å². The molecule has 0 radical (unpaired) electrons. The van der Waals surface area contributed by atoms with Crippen LogP contribution < -0.4 is 20.7 Å². The van der Waals surface area contributed by atoms with Gasteiger partial charge in [0.05, 0.1) is 261 Å². The Bertz CT molecular complexity index is 4500. The lowest BCUT2D eigenvalue weighted by Gasteiger charge is -2.41. The number of likely N-dealkylation sites (tertiary alicyclic amines) is 1. The number of sulfonamides is 1. The first-order valence-corrected chi connectivity index (χ1v) is 55.6. The van der Waals surface area contributed by atoms with E-state index in [1.54, 1.807) is 99.3 Å². The lowest BCUT2D eigenvalue weighted by atomic mass is 9.83. The molecule has 1 saturated heterocycles. The second-order valence-corrected chi connectivity index (χ2v) is 40.3. The molecule has 7 amide bonds. The third-order valence-corrected chi connectivity index (χ3v) is 28.4. The summed E-state index contributed by atoms with van der Waals surface area (Å²) in [6, 6.07) is 17.7. The van der Waals surface area contributed by atoms with Crippen LogP contribution in [0.3, 0.4) is 0 Å². The highest BCUT2D eigenvalue weighted by atomic mass is 79.9. The van der Waals surface area contributed by atoms with Gasteiger partial charge in [0, 0.05) is 115 Å². The number of halogens is 2. The molecule has 4 aromatic rings. The van der Waals surface area contributed by atoms with Gasteiger partial charge in [0.15, 0.2) is 5.78 Å². The first kappa shape index (κ1) is 128. The van der Waals surface area contributed by atoms with Crippen LogP contribution in [0.2, 0.25) is 0 Å². The molecular formula is C105H167Br2N9O30S. The lowest BCUT2D eigenvalue weighted by Crippen LogP contribution is -2.55. The minimum Gasteiger partial charge on any atom is -0.445 e. The van der Waals surface area contributed by atoms with Crippen molar-refractivity contribution in [2.75, 3.05) is 245 Å². The topological polar surface area (TPSA) is 458 Å². The van der Waals surface area contributed by atoms with Crippen LogP contribution in [-0.2, 0) is 157 Å². The molecule has 2 heterocycles. The number of amides is 7. The molecule has 1 aliphatic carbocycles. The van der Waals surface area contributed by atoms with Gasteiger partial charge in [-0.05, 0) is 110 Å². The zero-order valence-electron chi connectivity index (χ0n) is 88.6. The number of benzene rings is 3. The summed E-state index contributed by atoms with van der Waals surface area (Å²) in [6.07, 6.45) is 1.56. The number of hydrogen-bond acceptors (Lipinski definition) is 32. The summed E-state index contributed by atoms with van der Waals surface area (Å²) in [7, 11) is 3.77. The Morgan fingerprint density at radius 1 is 0.531 bits per heavy atom. The Morgan fingerprint density at radius 2 is 1.04 bits per heavy atom. The molecular weight excluding hydrogens is 2060 g/mol. The fraction of sp³-hybridized carbons (Fsp3) is 0.724. The van der Waals surface area contributed by atoms with Crippen molar-refractivity contribution in [2.45, 2.75) is 216 Å². The van der Waals surface area contributed by atoms with Crippen LogP contribution in [-0.4, -0.2) is 373 Å². The maximum atomic E-state index is 15.1. The zero-order chi connectivity index (χ0) is 107. The highest BCUT2D eigenvalue weighted by Gasteiger charge is 2.45. The van der Waals surface area contributed by atoms with Crippen molar-refractivity contribution >= 4 is 112 Å². The molecule has 2 fully saturated rings. The molecule has 147 heavy (non-hydrogen) atoms. The molecule has 1 saturated carbocycles. The highest BCUT2D eigenvalue weighted by molar-refractivity contribution is 9.09. The quantitative estimate of drug-likeness (QED) is 0.0202. The summed E-state index contributed by atoms with van der Waals surface area (Å²) in [5, 5.41) is 20.1. The number of unbranched alkanes of at least 4 members (excludes halogenated alkanes) is 1. The molecule has 0 spiro atoms. The minimum atomic E-state index is -3.94. The minimum absolute atomic E-state index is 0.0182. The Labute approximate surface area is 886 Å². The number of aromatic nitrogens is 2. The molecule has 2 aliphatic rings. The first-order chi connectivity index (χ1) is 71.0. The Hall–Kier alpha value is -7.38. The van der Waals surface area contributed by atoms with E-state index in [9.17, 15) is 51.9 Å². The van der Waals surface area contributed by atoms with E-state index >= 15 is 4.79 Å². The zero-order valence-corrected chi connectivity index (χ0v) is 92.5. The van der Waals surface area contributed by atoms with Gasteiger partial charge >= 0.3 is 6.09 Å². The number of aliphatic hydroxyl groups is 1. The van der Waals surface area contributed by atoms with Crippen molar-refractivity contribution < 1.29 is 142 Å². The van der Waals surface area contributed by atoms with E-state index in [-0.39, 0.29) is 125 Å². The van der Waals surface area contributed by atoms with Gasteiger partial charge < -0.3 is 121 Å². The van der Waals surface area contributed by atoms with Crippen LogP contribution >= 0.6 is 31.9 Å². The smallest absolute Gasteiger partial charge is 0.410 e. The number of rotatable bonds is 87. The SMILES string of the molecule is CC[C@H](C)[C@@H]([C@@H](CC(=O)N1CCC[C@H]1[C@H](OC)[C@@H](C)C(=O)N[C@@H](Cc1ccccc1)C(=O)NS(=O)(=O)C1CC1)OC)N(C)C(=O)[C@@H](CC(=O)[C@H](C(C)C)N(C)C(=O)OCc1ccc(NC(=O)[C@H](CCCCNC(=O)CCOCCOCCOCCOCCOCCOCCOCCOCCOCCOCCOCCOCCOC)CC(=O)CCOCCOCCCC(O)c2ccc3nc(CBr)c(CBr)nc3c2)cc1)C(C)C. The monoisotopic (exact) mass is 2220 g/mol. The number of methoxy groups -OCH3 is 3. The van der Waals surface area contributed by atoms with Gasteiger partial charge in [-0.15, -0.1) is 0 Å². The molecule has 6 rings (SSSR count). The molecule has 3 aromatic carbocycles. The fourth-order valence-corrected chi connectivity index (χ4v) is 19.1. The number of carbonyl (C=O) groups excluding carboxylic acids is 9. The molecule has 0 bridgehead atoms. The summed E-state index contributed by atoms with van der Waals surface area (Å²) in [6.45, 7) is 25.3. The largest absolute Gasteiger partial charge is 0.445 e. The summed E-state index contributed by atoms with van der Waals surface area (Å²) in [5.41, 5.74) is 5.55. The van der Waals surface area contributed by atoms with E-state index in [2.05, 4.69) is 52.5 Å². The number of alkyl halides is 2. The number of ketones is 2. The van der Waals surface area contributed by atoms with Gasteiger partial charge in [-0.3, -0.25) is 43.1 Å². The molecule has 11 atom stereocenters. The average Bonchev–Trinajstić information content (AvgIpc) is 1.79. The van der Waals surface area contributed by atoms with E-state index in [0.29, 0.717) is 269 Å². The van der Waals surface area contributed by atoms with E-state index < -0.39 is 99.3 Å². The van der Waals surface area contributed by atoms with Crippen LogP contribution in [0.25, 0.3) is 11.0 Å². The Morgan fingerprint density at radius 3 is 1.53 bits per heavy atom. The Balaban J connectivity index is 0.900. The van der Waals surface area contributed by atoms with Gasteiger partial charge in [0.2, 0.25) is 39.6 Å². The molecule has 1 aliphatic heterocycles. The van der Waals surface area contributed by atoms with E-state index in [4.69, 9.17) is 95.2 Å². The number of nitrogens with one attached hydrogen (secondary N) is 4. The van der Waals surface area contributed by atoms with E-state index in [1.165, 1.54) is 26.2 Å². The number of likely N-dealkylation sites (N-methyl/N-ethyl adjacent to an activating group) is 2. The molecule has 1 unspecified atom stereocenters. The number of aliphatic hydroxyl groups excluding tert-OH is 1. The van der Waals surface area contributed by atoms with Crippen LogP contribution in [0, 0.1) is 35.5 Å². The van der Waals surface area contributed by atoms with Crippen molar-refractivity contribution in [1.29, 1.82) is 0 Å². The number of ether oxygens (including phenoxy) is 18. The van der Waals surface area contributed by atoms with Crippen molar-refractivity contribution in [1.82, 2.24) is 40.0 Å². The van der Waals surface area contributed by atoms with Gasteiger partial charge in [0.1, 0.15) is 18.4 Å². The number of anilines is 1. The predicted molar refractivity (Wildman–Crippen MR) is 559 cm³/mol. The van der Waals surface area contributed by atoms with E-state index in [1.807, 2.05) is 45.9 Å². The maximum Gasteiger partial charge on any atom is 0.410 e. The van der Waals surface area contributed by atoms with Gasteiger partial charge in [-0.1, -0.05) is 142 Å². The fourth-order valence-electron chi connectivity index (χ4n) is 16.9. The third-order valence-electron chi connectivity index (χ3n) is 25.5. The van der Waals surface area contributed by atoms with Gasteiger partial charge in [0.25, 0.3) is 5.91 Å². The van der Waals surface area contributed by atoms with Crippen LogP contribution in [0.4, 0.5) is 10.5 Å². The number of Topliss-reactive ketones (excluding diaryl/α,β-unsaturated/α-hetero) is 2. The van der Waals surface area contributed by atoms with Crippen LogP contribution in [0.5, 0.6) is 0 Å². The molecule has 42 heteroatoms.